The largest absolute Gasteiger partial charge is 0.481 e. The molecule has 2 rings (SSSR count). The zero-order valence-electron chi connectivity index (χ0n) is 11.3. The topological polar surface area (TPSA) is 74.7 Å². The number of rotatable bonds is 4. The maximum Gasteiger partial charge on any atom is 0.303 e. The first-order valence-corrected chi connectivity index (χ1v) is 8.71. The smallest absolute Gasteiger partial charge is 0.303 e. The highest BCUT2D eigenvalue weighted by Crippen LogP contribution is 2.29. The van der Waals surface area contributed by atoms with Gasteiger partial charge in [-0.25, -0.2) is 12.7 Å². The lowest BCUT2D eigenvalue weighted by Crippen LogP contribution is -2.45. The van der Waals surface area contributed by atoms with E-state index in [0.29, 0.717) is 13.1 Å². The molecule has 2 aliphatic rings. The molecule has 1 aliphatic heterocycles. The van der Waals surface area contributed by atoms with Gasteiger partial charge in [-0.05, 0) is 31.6 Å². The van der Waals surface area contributed by atoms with E-state index in [2.05, 4.69) is 0 Å². The normalized spacial score (nSPS) is 27.3. The molecule has 5 nitrogen and oxygen atoms in total. The molecule has 1 heterocycles. The molecule has 6 heteroatoms. The molecule has 19 heavy (non-hydrogen) atoms. The van der Waals surface area contributed by atoms with Gasteiger partial charge in [0.2, 0.25) is 10.0 Å². The summed E-state index contributed by atoms with van der Waals surface area (Å²) in [7, 11) is -3.21. The van der Waals surface area contributed by atoms with Crippen LogP contribution in [-0.2, 0) is 14.8 Å². The van der Waals surface area contributed by atoms with E-state index in [4.69, 9.17) is 5.11 Å². The average Bonchev–Trinajstić information content (AvgIpc) is 2.39. The van der Waals surface area contributed by atoms with Crippen LogP contribution in [0.15, 0.2) is 0 Å². The molecule has 110 valence electrons. The van der Waals surface area contributed by atoms with Crippen molar-refractivity contribution in [3.8, 4) is 0 Å². The van der Waals surface area contributed by atoms with Gasteiger partial charge in [-0.1, -0.05) is 19.3 Å². The van der Waals surface area contributed by atoms with Gasteiger partial charge in [0.25, 0.3) is 0 Å². The summed E-state index contributed by atoms with van der Waals surface area (Å²) in [5.41, 5.74) is 0. The fraction of sp³-hybridized carbons (Fsp3) is 0.923. The van der Waals surface area contributed by atoms with Gasteiger partial charge in [-0.15, -0.1) is 0 Å². The van der Waals surface area contributed by atoms with Crippen molar-refractivity contribution < 1.29 is 18.3 Å². The third-order valence-electron chi connectivity index (χ3n) is 4.28. The fourth-order valence-electron chi connectivity index (χ4n) is 3.25. The Morgan fingerprint density at radius 1 is 1.11 bits per heavy atom. The Morgan fingerprint density at radius 3 is 2.42 bits per heavy atom. The first-order chi connectivity index (χ1) is 9.00. The average molecular weight is 289 g/mol. The minimum Gasteiger partial charge on any atom is -0.481 e. The summed E-state index contributed by atoms with van der Waals surface area (Å²) in [6, 6.07) is 0. The first-order valence-electron chi connectivity index (χ1n) is 7.21. The summed E-state index contributed by atoms with van der Waals surface area (Å²) in [4.78, 5) is 10.8. The van der Waals surface area contributed by atoms with Crippen molar-refractivity contribution in [2.45, 2.75) is 56.6 Å². The van der Waals surface area contributed by atoms with Crippen LogP contribution in [-0.4, -0.2) is 42.1 Å². The van der Waals surface area contributed by atoms with Crippen LogP contribution in [0.25, 0.3) is 0 Å². The highest BCUT2D eigenvalue weighted by atomic mass is 32.2. The van der Waals surface area contributed by atoms with Gasteiger partial charge in [0.1, 0.15) is 0 Å². The zero-order chi connectivity index (χ0) is 13.9. The maximum absolute atomic E-state index is 12.6. The lowest BCUT2D eigenvalue weighted by Gasteiger charge is -2.35. The van der Waals surface area contributed by atoms with Gasteiger partial charge >= 0.3 is 5.97 Å². The van der Waals surface area contributed by atoms with Crippen LogP contribution in [0.1, 0.15) is 51.4 Å². The van der Waals surface area contributed by atoms with Crippen LogP contribution in [0.5, 0.6) is 0 Å². The molecule has 1 saturated heterocycles. The molecule has 2 fully saturated rings. The highest BCUT2D eigenvalue weighted by Gasteiger charge is 2.36. The van der Waals surface area contributed by atoms with Crippen LogP contribution in [0.2, 0.25) is 0 Å². The zero-order valence-corrected chi connectivity index (χ0v) is 12.1. The number of aliphatic carboxylic acids is 1. The molecular weight excluding hydrogens is 266 g/mol. The van der Waals surface area contributed by atoms with Crippen LogP contribution in [0, 0.1) is 5.92 Å². The summed E-state index contributed by atoms with van der Waals surface area (Å²) in [5.74, 6) is -0.855. The van der Waals surface area contributed by atoms with Crippen LogP contribution in [0.3, 0.4) is 0 Å². The van der Waals surface area contributed by atoms with Crippen molar-refractivity contribution in [2.75, 3.05) is 13.1 Å². The van der Waals surface area contributed by atoms with E-state index < -0.39 is 16.0 Å². The minimum absolute atomic E-state index is 0.0235. The van der Waals surface area contributed by atoms with E-state index in [1.165, 1.54) is 0 Å². The van der Waals surface area contributed by atoms with Crippen molar-refractivity contribution in [2.24, 2.45) is 5.92 Å². The van der Waals surface area contributed by atoms with Crippen molar-refractivity contribution in [1.82, 2.24) is 4.31 Å². The molecule has 0 radical (unpaired) electrons. The van der Waals surface area contributed by atoms with Gasteiger partial charge < -0.3 is 5.11 Å². The minimum atomic E-state index is -3.21. The van der Waals surface area contributed by atoms with Gasteiger partial charge in [0.05, 0.1) is 5.25 Å². The Morgan fingerprint density at radius 2 is 1.79 bits per heavy atom. The number of carboxylic acids is 1. The van der Waals surface area contributed by atoms with Crippen LogP contribution >= 0.6 is 0 Å². The van der Waals surface area contributed by atoms with E-state index in [1.807, 2.05) is 0 Å². The first kappa shape index (κ1) is 14.8. The Hall–Kier alpha value is -0.620. The van der Waals surface area contributed by atoms with E-state index in [-0.39, 0.29) is 17.6 Å². The van der Waals surface area contributed by atoms with Crippen LogP contribution < -0.4 is 0 Å². The van der Waals surface area contributed by atoms with Gasteiger partial charge in [0, 0.05) is 19.5 Å². The second kappa shape index (κ2) is 6.22. The Kier molecular flexibility index (Phi) is 4.84. The second-order valence-corrected chi connectivity index (χ2v) is 7.98. The molecule has 1 unspecified atom stereocenters. The Bertz CT molecular complexity index is 414. The fourth-order valence-corrected chi connectivity index (χ4v) is 5.40. The van der Waals surface area contributed by atoms with Crippen LogP contribution in [0.4, 0.5) is 0 Å². The lowest BCUT2D eigenvalue weighted by atomic mass is 9.96. The molecule has 0 aromatic heterocycles. The van der Waals surface area contributed by atoms with E-state index >= 15 is 0 Å². The van der Waals surface area contributed by atoms with Gasteiger partial charge in [-0.2, -0.15) is 0 Å². The van der Waals surface area contributed by atoms with E-state index in [0.717, 1.165) is 44.9 Å². The van der Waals surface area contributed by atoms with Gasteiger partial charge in [-0.3, -0.25) is 4.79 Å². The highest BCUT2D eigenvalue weighted by molar-refractivity contribution is 7.89. The van der Waals surface area contributed by atoms with Crippen molar-refractivity contribution in [1.29, 1.82) is 0 Å². The van der Waals surface area contributed by atoms with E-state index in [1.54, 1.807) is 4.31 Å². The second-order valence-electron chi connectivity index (χ2n) is 5.77. The number of sulfonamides is 1. The molecule has 1 aliphatic carbocycles. The number of nitrogens with zero attached hydrogens (tertiary/aromatic N) is 1. The molecule has 1 atom stereocenters. The van der Waals surface area contributed by atoms with Crippen molar-refractivity contribution in [3.05, 3.63) is 0 Å². The summed E-state index contributed by atoms with van der Waals surface area (Å²) < 4.78 is 26.7. The lowest BCUT2D eigenvalue weighted by molar-refractivity contribution is -0.138. The number of carbonyl (C=O) groups is 1. The standard InChI is InChI=1S/C13H23NO4S/c15-13(16)9-11-5-4-8-14(10-11)19(17,18)12-6-2-1-3-7-12/h11-12H,1-10H2,(H,15,16). The Labute approximate surface area is 115 Å². The van der Waals surface area contributed by atoms with Gasteiger partial charge in [0.15, 0.2) is 0 Å². The Balaban J connectivity index is 2.00. The molecule has 0 aromatic rings. The van der Waals surface area contributed by atoms with Crippen molar-refractivity contribution in [3.63, 3.8) is 0 Å². The quantitative estimate of drug-likeness (QED) is 0.857. The molecule has 0 aromatic carbocycles. The third kappa shape index (κ3) is 3.69. The predicted octanol–water partition coefficient (Wildman–Crippen LogP) is 1.84. The maximum atomic E-state index is 12.6. The molecule has 0 amide bonds. The third-order valence-corrected chi connectivity index (χ3v) is 6.64. The number of piperidine rings is 1. The SMILES string of the molecule is O=C(O)CC1CCCN(S(=O)(=O)C2CCCCC2)C1. The molecule has 1 saturated carbocycles. The molecular formula is C13H23NO4S. The molecule has 1 N–H and O–H groups in total. The predicted molar refractivity (Wildman–Crippen MR) is 72.3 cm³/mol. The monoisotopic (exact) mass is 289 g/mol. The number of hydrogen-bond donors (Lipinski definition) is 1. The van der Waals surface area contributed by atoms with E-state index in [9.17, 15) is 13.2 Å². The number of hydrogen-bond acceptors (Lipinski definition) is 3. The van der Waals surface area contributed by atoms with Crippen molar-refractivity contribution >= 4 is 16.0 Å². The number of carboxylic acid groups (broad SMARTS) is 1. The summed E-state index contributed by atoms with van der Waals surface area (Å²) in [6.07, 6.45) is 6.34. The molecule has 0 bridgehead atoms. The summed E-state index contributed by atoms with van der Waals surface area (Å²) in [5, 5.41) is 8.60. The summed E-state index contributed by atoms with van der Waals surface area (Å²) >= 11 is 0. The summed E-state index contributed by atoms with van der Waals surface area (Å²) in [6.45, 7) is 0.958. The molecule has 0 spiro atoms.